The van der Waals surface area contributed by atoms with Crippen LogP contribution in [0.5, 0.6) is 0 Å². The third kappa shape index (κ3) is 306. The summed E-state index contributed by atoms with van der Waals surface area (Å²) in [6.07, 6.45) is 0. The monoisotopic (exact) mass is 175 g/mol. The van der Waals surface area contributed by atoms with Crippen molar-refractivity contribution in [1.82, 2.24) is 0 Å². The summed E-state index contributed by atoms with van der Waals surface area (Å²) >= 11 is 0. The Kier molecular flexibility index (Phi) is 10.8. The van der Waals surface area contributed by atoms with Crippen molar-refractivity contribution in [3.63, 3.8) is 0 Å². The Morgan fingerprint density at radius 3 is 1.14 bits per heavy atom. The van der Waals surface area contributed by atoms with Gasteiger partial charge in [-0.2, -0.15) is 0 Å². The molecule has 0 heterocycles. The molecule has 1 radical (unpaired) electrons. The molecular formula is H6BCuO4P. The Bertz CT molecular complexity index is 57.8. The van der Waals surface area contributed by atoms with E-state index in [9.17, 15) is 0 Å². The van der Waals surface area contributed by atoms with E-state index in [1.807, 2.05) is 0 Å². The molecule has 0 rings (SSSR count). The average molecular weight is 175 g/mol. The van der Waals surface area contributed by atoms with Crippen LogP contribution in [0.2, 0.25) is 0 Å². The molecule has 0 bridgehead atoms. The zero-order valence-corrected chi connectivity index (χ0v) is 4.33. The van der Waals surface area contributed by atoms with Crippen LogP contribution in [-0.4, -0.2) is 23.1 Å². The molecule has 49 valence electrons. The molecule has 7 heavy (non-hydrogen) atoms. The predicted molar refractivity (Wildman–Crippen MR) is 24.2 cm³/mol. The van der Waals surface area contributed by atoms with Gasteiger partial charge in [-0.3, -0.25) is 0 Å². The maximum absolute atomic E-state index is 8.88. The van der Waals surface area contributed by atoms with Crippen molar-refractivity contribution in [1.29, 1.82) is 0 Å². The van der Waals surface area contributed by atoms with Crippen molar-refractivity contribution >= 4 is 16.2 Å². The number of hydrogen-bond donors (Lipinski definition) is 3. The Morgan fingerprint density at radius 1 is 1.14 bits per heavy atom. The van der Waals surface area contributed by atoms with E-state index in [2.05, 4.69) is 0 Å². The molecule has 0 aliphatic heterocycles. The first-order chi connectivity index (χ1) is 2.00. The molecule has 0 aromatic rings. The Hall–Kier alpha value is 0.694. The van der Waals surface area contributed by atoms with E-state index in [1.165, 1.54) is 0 Å². The molecule has 0 aromatic carbocycles. The van der Waals surface area contributed by atoms with Gasteiger partial charge in [0.05, 0.1) is 8.41 Å². The summed E-state index contributed by atoms with van der Waals surface area (Å²) in [5.74, 6) is 0. The minimum atomic E-state index is -4.64. The van der Waals surface area contributed by atoms with E-state index in [0.29, 0.717) is 0 Å². The topological polar surface area (TPSA) is 77.8 Å². The molecule has 0 aliphatic rings. The van der Waals surface area contributed by atoms with Crippen LogP contribution in [0.4, 0.5) is 0 Å². The van der Waals surface area contributed by atoms with Gasteiger partial charge in [-0.05, 0) is 0 Å². The van der Waals surface area contributed by atoms with E-state index < -0.39 is 7.82 Å². The van der Waals surface area contributed by atoms with Gasteiger partial charge in [0.1, 0.15) is 0 Å². The molecule has 0 atom stereocenters. The molecule has 4 nitrogen and oxygen atoms in total. The average Bonchev–Trinajstić information content (AvgIpc) is 0.722. The summed E-state index contributed by atoms with van der Waals surface area (Å²) in [4.78, 5) is 21.6. The number of phosphoric acid groups is 1. The van der Waals surface area contributed by atoms with Crippen LogP contribution < -0.4 is 0 Å². The smallest absolute Gasteiger partial charge is 0.303 e. The third-order valence-corrected chi connectivity index (χ3v) is 0. The van der Waals surface area contributed by atoms with Crippen LogP contribution in [0.3, 0.4) is 0 Å². The maximum Gasteiger partial charge on any atom is 0.466 e. The van der Waals surface area contributed by atoms with Gasteiger partial charge in [0, 0.05) is 17.1 Å². The van der Waals surface area contributed by atoms with Gasteiger partial charge in [0.2, 0.25) is 0 Å². The van der Waals surface area contributed by atoms with Crippen molar-refractivity contribution in [3.8, 4) is 0 Å². The second kappa shape index (κ2) is 4.84. The molecular weight excluding hydrogens is 169 g/mol. The van der Waals surface area contributed by atoms with Crippen molar-refractivity contribution in [2.45, 2.75) is 0 Å². The summed E-state index contributed by atoms with van der Waals surface area (Å²) in [6, 6.07) is 0. The number of hydrogen-bond acceptors (Lipinski definition) is 1. The second-order valence-electron chi connectivity index (χ2n) is 0.513. The Morgan fingerprint density at radius 2 is 1.14 bits per heavy atom. The molecule has 0 saturated carbocycles. The van der Waals surface area contributed by atoms with Crippen molar-refractivity contribution in [2.75, 3.05) is 0 Å². The molecule has 0 saturated heterocycles. The van der Waals surface area contributed by atoms with Crippen LogP contribution in [0.1, 0.15) is 0 Å². The molecule has 0 fully saturated rings. The van der Waals surface area contributed by atoms with Gasteiger partial charge in [-0.1, -0.05) is 0 Å². The minimum absolute atomic E-state index is 0. The summed E-state index contributed by atoms with van der Waals surface area (Å²) in [5, 5.41) is 0. The van der Waals surface area contributed by atoms with Crippen LogP contribution in [0, 0.1) is 0 Å². The summed E-state index contributed by atoms with van der Waals surface area (Å²) in [6.45, 7) is 0. The quantitative estimate of drug-likeness (QED) is 0.291. The van der Waals surface area contributed by atoms with Gasteiger partial charge in [0.15, 0.2) is 0 Å². The maximum atomic E-state index is 8.88. The molecule has 0 spiro atoms. The fourth-order valence-corrected chi connectivity index (χ4v) is 0. The van der Waals surface area contributed by atoms with Gasteiger partial charge in [0.25, 0.3) is 0 Å². The van der Waals surface area contributed by atoms with E-state index in [4.69, 9.17) is 19.2 Å². The summed E-state index contributed by atoms with van der Waals surface area (Å²) < 4.78 is 8.88. The normalized spacial score (nSPS) is 8.43. The van der Waals surface area contributed by atoms with Crippen LogP contribution in [0.25, 0.3) is 0 Å². The zero-order valence-electron chi connectivity index (χ0n) is 2.50. The Labute approximate surface area is 53.2 Å². The first-order valence-electron chi connectivity index (χ1n) is 0.783. The molecule has 0 aromatic heterocycles. The van der Waals surface area contributed by atoms with Gasteiger partial charge >= 0.3 is 7.82 Å². The first-order valence-corrected chi connectivity index (χ1v) is 2.35. The van der Waals surface area contributed by atoms with Gasteiger partial charge in [-0.15, -0.1) is 0 Å². The fraction of sp³-hybridized carbons (Fsp3) is 0. The SMILES string of the molecule is B.O=P(O)(O)O.[Cu]. The second-order valence-corrected chi connectivity index (χ2v) is 1.54. The van der Waals surface area contributed by atoms with Crippen LogP contribution in [-0.2, 0) is 21.6 Å². The molecule has 3 N–H and O–H groups in total. The first kappa shape index (κ1) is 15.6. The van der Waals surface area contributed by atoms with Crippen molar-refractivity contribution in [3.05, 3.63) is 0 Å². The Balaban J connectivity index is -0.0000000800. The molecule has 0 aliphatic carbocycles. The molecule has 0 amide bonds. The van der Waals surface area contributed by atoms with E-state index >= 15 is 0 Å². The molecule has 7 heteroatoms. The third-order valence-electron chi connectivity index (χ3n) is 0. The van der Waals surface area contributed by atoms with E-state index in [0.717, 1.165) is 0 Å². The van der Waals surface area contributed by atoms with Crippen LogP contribution >= 0.6 is 7.82 Å². The summed E-state index contributed by atoms with van der Waals surface area (Å²) in [5.41, 5.74) is 0. The van der Waals surface area contributed by atoms with Gasteiger partial charge < -0.3 is 14.7 Å². The van der Waals surface area contributed by atoms with Crippen LogP contribution in [0.15, 0.2) is 0 Å². The standard InChI is InChI=1S/BH3.Cu.H3O4P/c;;1-5(2,3)4/h1H3;;(H3,1,2,3,4). The van der Waals surface area contributed by atoms with Crippen molar-refractivity contribution in [2.24, 2.45) is 0 Å². The largest absolute Gasteiger partial charge is 0.466 e. The number of rotatable bonds is 0. The van der Waals surface area contributed by atoms with Gasteiger partial charge in [-0.25, -0.2) is 4.57 Å². The fourth-order valence-electron chi connectivity index (χ4n) is 0. The van der Waals surface area contributed by atoms with E-state index in [-0.39, 0.29) is 25.5 Å². The molecule has 0 unspecified atom stereocenters. The van der Waals surface area contributed by atoms with E-state index in [1.54, 1.807) is 0 Å². The van der Waals surface area contributed by atoms with Crippen molar-refractivity contribution < 1.29 is 36.3 Å². The zero-order chi connectivity index (χ0) is 4.50. The summed E-state index contributed by atoms with van der Waals surface area (Å²) in [7, 11) is -4.64. The predicted octanol–water partition coefficient (Wildman–Crippen LogP) is -2.12. The minimum Gasteiger partial charge on any atom is -0.303 e.